The molecule has 2 nitrogen and oxygen atoms in total. The van der Waals surface area contributed by atoms with Crippen molar-refractivity contribution < 1.29 is 9.53 Å². The minimum absolute atomic E-state index is 0.00882. The molecule has 0 atom stereocenters. The molecular weight excluding hydrogens is 312 g/mol. The summed E-state index contributed by atoms with van der Waals surface area (Å²) in [5.74, 6) is 0.755. The molecule has 0 bridgehead atoms. The Kier molecular flexibility index (Phi) is 2.49. The predicted molar refractivity (Wildman–Crippen MR) is 62.1 cm³/mol. The van der Waals surface area contributed by atoms with Crippen LogP contribution in [-0.2, 0) is 0 Å². The number of ether oxygens (including phenoxy) is 1. The lowest BCUT2D eigenvalue weighted by Crippen LogP contribution is -1.94. The summed E-state index contributed by atoms with van der Waals surface area (Å²) in [7, 11) is 1.60. The van der Waals surface area contributed by atoms with Gasteiger partial charge in [-0.25, -0.2) is 0 Å². The van der Waals surface area contributed by atoms with E-state index in [-0.39, 0.29) is 5.78 Å². The lowest BCUT2D eigenvalue weighted by Gasteiger charge is -2.02. The Labute approximate surface area is 98.2 Å². The molecule has 0 radical (unpaired) electrons. The van der Waals surface area contributed by atoms with E-state index >= 15 is 0 Å². The van der Waals surface area contributed by atoms with Gasteiger partial charge in [-0.3, -0.25) is 4.79 Å². The number of ketones is 1. The highest BCUT2D eigenvalue weighted by atomic mass is 79.9. The number of carbonyl (C=O) groups is 1. The number of carbonyl (C=O) groups excluding carboxylic acids is 1. The maximum absolute atomic E-state index is 11.6. The van der Waals surface area contributed by atoms with Gasteiger partial charge in [0.25, 0.3) is 0 Å². The summed E-state index contributed by atoms with van der Waals surface area (Å²) < 4.78 is 6.45. The van der Waals surface area contributed by atoms with Crippen LogP contribution in [0.5, 0.6) is 5.75 Å². The SMILES string of the molecule is COc1ccc2c(c1)C(Br)=C(Br)C2=O. The fraction of sp³-hybridized carbons (Fsp3) is 0.100. The van der Waals surface area contributed by atoms with Crippen molar-refractivity contribution in [2.24, 2.45) is 0 Å². The van der Waals surface area contributed by atoms with Crippen LogP contribution in [0.15, 0.2) is 22.7 Å². The molecule has 0 aliphatic heterocycles. The molecule has 0 fully saturated rings. The standard InChI is InChI=1S/C10H6Br2O2/c1-14-5-2-3-6-7(4-5)8(11)9(12)10(6)13/h2-4H,1H3. The maximum Gasteiger partial charge on any atom is 0.201 e. The number of benzene rings is 1. The van der Waals surface area contributed by atoms with Gasteiger partial charge in [0.15, 0.2) is 0 Å². The number of methoxy groups -OCH3 is 1. The lowest BCUT2D eigenvalue weighted by molar-refractivity contribution is 0.104. The van der Waals surface area contributed by atoms with E-state index < -0.39 is 0 Å². The van der Waals surface area contributed by atoms with Gasteiger partial charge in [0.2, 0.25) is 5.78 Å². The molecule has 0 spiro atoms. The molecular formula is C10H6Br2O2. The number of rotatable bonds is 1. The van der Waals surface area contributed by atoms with Crippen molar-refractivity contribution in [3.05, 3.63) is 33.8 Å². The summed E-state index contributed by atoms with van der Waals surface area (Å²) in [4.78, 5) is 11.6. The average Bonchev–Trinajstić information content (AvgIpc) is 2.44. The Hall–Kier alpha value is -0.610. The third-order valence-corrected chi connectivity index (χ3v) is 4.21. The summed E-state index contributed by atoms with van der Waals surface area (Å²) in [6.07, 6.45) is 0. The number of Topliss-reactive ketones (excluding diaryl/α,β-unsaturated/α-hetero) is 1. The molecule has 0 aromatic heterocycles. The summed E-state index contributed by atoms with van der Waals surface area (Å²) in [5.41, 5.74) is 1.57. The van der Waals surface area contributed by atoms with Gasteiger partial charge >= 0.3 is 0 Å². The number of halogens is 2. The molecule has 2 rings (SSSR count). The average molecular weight is 318 g/mol. The second-order valence-electron chi connectivity index (χ2n) is 2.87. The largest absolute Gasteiger partial charge is 0.497 e. The molecule has 4 heteroatoms. The summed E-state index contributed by atoms with van der Waals surface area (Å²) in [6.45, 7) is 0. The Balaban J connectivity index is 2.63. The molecule has 0 saturated carbocycles. The zero-order valence-electron chi connectivity index (χ0n) is 7.30. The van der Waals surface area contributed by atoms with Crippen LogP contribution < -0.4 is 4.74 Å². The Bertz CT molecular complexity index is 449. The first-order valence-electron chi connectivity index (χ1n) is 3.93. The molecule has 0 amide bonds. The van der Waals surface area contributed by atoms with Gasteiger partial charge in [-0.15, -0.1) is 0 Å². The van der Waals surface area contributed by atoms with Gasteiger partial charge < -0.3 is 4.74 Å². The fourth-order valence-electron chi connectivity index (χ4n) is 1.37. The maximum atomic E-state index is 11.6. The van der Waals surface area contributed by atoms with Gasteiger partial charge in [-0.05, 0) is 50.1 Å². The number of hydrogen-bond donors (Lipinski definition) is 0. The minimum Gasteiger partial charge on any atom is -0.497 e. The van der Waals surface area contributed by atoms with Crippen LogP contribution in [0.1, 0.15) is 15.9 Å². The van der Waals surface area contributed by atoms with Crippen LogP contribution in [0.2, 0.25) is 0 Å². The molecule has 1 aromatic carbocycles. The van der Waals surface area contributed by atoms with Gasteiger partial charge in [0, 0.05) is 15.6 Å². The Morgan fingerprint density at radius 2 is 1.86 bits per heavy atom. The summed E-state index contributed by atoms with van der Waals surface area (Å²) >= 11 is 6.60. The van der Waals surface area contributed by atoms with Crippen molar-refractivity contribution in [2.75, 3.05) is 7.11 Å². The third-order valence-electron chi connectivity index (χ3n) is 2.10. The van der Waals surface area contributed by atoms with Crippen molar-refractivity contribution in [1.82, 2.24) is 0 Å². The first kappa shape index (κ1) is 9.93. The molecule has 0 heterocycles. The number of hydrogen-bond acceptors (Lipinski definition) is 2. The smallest absolute Gasteiger partial charge is 0.201 e. The quantitative estimate of drug-likeness (QED) is 0.794. The fourth-order valence-corrected chi connectivity index (χ4v) is 2.30. The molecule has 72 valence electrons. The van der Waals surface area contributed by atoms with E-state index in [1.165, 1.54) is 0 Å². The zero-order valence-corrected chi connectivity index (χ0v) is 10.5. The summed E-state index contributed by atoms with van der Waals surface area (Å²) in [6, 6.07) is 5.39. The van der Waals surface area contributed by atoms with Crippen LogP contribution in [0.25, 0.3) is 4.48 Å². The van der Waals surface area contributed by atoms with E-state index in [0.29, 0.717) is 10.0 Å². The van der Waals surface area contributed by atoms with Crippen LogP contribution in [0.4, 0.5) is 0 Å². The first-order chi connectivity index (χ1) is 6.65. The third kappa shape index (κ3) is 1.33. The van der Waals surface area contributed by atoms with E-state index in [1.54, 1.807) is 19.2 Å². The molecule has 1 aromatic rings. The van der Waals surface area contributed by atoms with E-state index in [4.69, 9.17) is 4.74 Å². The number of allylic oxidation sites excluding steroid dienone is 1. The van der Waals surface area contributed by atoms with Crippen LogP contribution in [0.3, 0.4) is 0 Å². The molecule has 0 unspecified atom stereocenters. The van der Waals surface area contributed by atoms with E-state index in [0.717, 1.165) is 15.8 Å². The van der Waals surface area contributed by atoms with Gasteiger partial charge in [-0.1, -0.05) is 0 Å². The Morgan fingerprint density at radius 3 is 2.50 bits per heavy atom. The van der Waals surface area contributed by atoms with Crippen molar-refractivity contribution in [3.8, 4) is 5.75 Å². The number of fused-ring (bicyclic) bond motifs is 1. The zero-order chi connectivity index (χ0) is 10.3. The minimum atomic E-state index is 0.00882. The van der Waals surface area contributed by atoms with Crippen molar-refractivity contribution in [2.45, 2.75) is 0 Å². The Morgan fingerprint density at radius 1 is 1.14 bits per heavy atom. The lowest BCUT2D eigenvalue weighted by atomic mass is 10.1. The summed E-state index contributed by atoms with van der Waals surface area (Å²) in [5, 5.41) is 0. The molecule has 0 N–H and O–H groups in total. The molecule has 0 saturated heterocycles. The highest BCUT2D eigenvalue weighted by molar-refractivity contribution is 9.16. The highest BCUT2D eigenvalue weighted by Gasteiger charge is 2.26. The van der Waals surface area contributed by atoms with Crippen LogP contribution in [0, 0.1) is 0 Å². The van der Waals surface area contributed by atoms with Crippen molar-refractivity contribution in [1.29, 1.82) is 0 Å². The van der Waals surface area contributed by atoms with Crippen LogP contribution >= 0.6 is 31.9 Å². The molecule has 1 aliphatic rings. The molecule has 14 heavy (non-hydrogen) atoms. The predicted octanol–water partition coefficient (Wildman–Crippen LogP) is 3.35. The topological polar surface area (TPSA) is 26.3 Å². The second-order valence-corrected chi connectivity index (χ2v) is 4.45. The van der Waals surface area contributed by atoms with Crippen LogP contribution in [-0.4, -0.2) is 12.9 Å². The second kappa shape index (κ2) is 3.51. The van der Waals surface area contributed by atoms with Crippen molar-refractivity contribution >= 4 is 42.1 Å². The van der Waals surface area contributed by atoms with Gasteiger partial charge in [0.1, 0.15) is 5.75 Å². The molecule has 1 aliphatic carbocycles. The van der Waals surface area contributed by atoms with Crippen molar-refractivity contribution in [3.63, 3.8) is 0 Å². The first-order valence-corrected chi connectivity index (χ1v) is 5.52. The normalized spacial score (nSPS) is 14.6. The van der Waals surface area contributed by atoms with E-state index in [1.807, 2.05) is 6.07 Å². The monoisotopic (exact) mass is 316 g/mol. The van der Waals surface area contributed by atoms with E-state index in [9.17, 15) is 4.79 Å². The highest BCUT2D eigenvalue weighted by Crippen LogP contribution is 2.40. The van der Waals surface area contributed by atoms with E-state index in [2.05, 4.69) is 31.9 Å². The van der Waals surface area contributed by atoms with Gasteiger partial charge in [-0.2, -0.15) is 0 Å². The van der Waals surface area contributed by atoms with Gasteiger partial charge in [0.05, 0.1) is 11.6 Å².